The highest BCUT2D eigenvalue weighted by atomic mass is 32.1. The highest BCUT2D eigenvalue weighted by molar-refractivity contribution is 7.20. The number of nitrogens with one attached hydrogen (secondary N) is 1. The molecule has 2 heterocycles. The largest absolute Gasteiger partial charge is 0.454 e. The van der Waals surface area contributed by atoms with Gasteiger partial charge < -0.3 is 14.6 Å². The predicted molar refractivity (Wildman–Crippen MR) is 127 cm³/mol. The SMILES string of the molecule is Cn1cc(-c2cc(C=O)ccc2Oc2ccc(F)cc2F)c2cc(C(=O)NC3CC3)sc2c1=O.[HH]. The van der Waals surface area contributed by atoms with Gasteiger partial charge in [-0.25, -0.2) is 8.78 Å². The summed E-state index contributed by atoms with van der Waals surface area (Å²) < 4.78 is 35.1. The van der Waals surface area contributed by atoms with E-state index in [1.165, 1.54) is 22.8 Å². The van der Waals surface area contributed by atoms with Gasteiger partial charge in [0.15, 0.2) is 11.6 Å². The van der Waals surface area contributed by atoms with Gasteiger partial charge in [-0.15, -0.1) is 11.3 Å². The predicted octanol–water partition coefficient (Wildman–Crippen LogP) is 5.29. The molecule has 1 aliphatic rings. The maximum atomic E-state index is 14.3. The Hall–Kier alpha value is -3.85. The van der Waals surface area contributed by atoms with Crippen LogP contribution in [0.15, 0.2) is 53.5 Å². The summed E-state index contributed by atoms with van der Waals surface area (Å²) in [6, 6.07) is 9.34. The Bertz CT molecular complexity index is 1530. The number of thiophene rings is 1. The van der Waals surface area contributed by atoms with E-state index in [9.17, 15) is 23.2 Å². The molecular formula is C25H20F2N2O4S. The van der Waals surface area contributed by atoms with E-state index in [4.69, 9.17) is 4.74 Å². The molecule has 1 N–H and O–H groups in total. The molecule has 174 valence electrons. The number of fused-ring (bicyclic) bond motifs is 1. The number of amides is 1. The quantitative estimate of drug-likeness (QED) is 0.379. The van der Waals surface area contributed by atoms with Gasteiger partial charge in [-0.1, -0.05) is 0 Å². The van der Waals surface area contributed by atoms with E-state index in [2.05, 4.69) is 5.32 Å². The van der Waals surface area contributed by atoms with Crippen LogP contribution in [0.4, 0.5) is 8.78 Å². The number of carbonyl (C=O) groups is 2. The number of nitrogens with zero attached hydrogens (tertiary/aromatic N) is 1. The van der Waals surface area contributed by atoms with E-state index in [0.29, 0.717) is 44.0 Å². The van der Waals surface area contributed by atoms with Crippen LogP contribution in [0.25, 0.3) is 21.2 Å². The molecule has 0 atom stereocenters. The monoisotopic (exact) mass is 482 g/mol. The first-order valence-corrected chi connectivity index (χ1v) is 11.3. The minimum Gasteiger partial charge on any atom is -0.454 e. The Labute approximate surface area is 197 Å². The number of pyridine rings is 1. The molecule has 0 unspecified atom stereocenters. The molecule has 0 saturated heterocycles. The molecule has 0 spiro atoms. The third-order valence-electron chi connectivity index (χ3n) is 5.54. The van der Waals surface area contributed by atoms with Crippen molar-refractivity contribution in [3.05, 3.63) is 81.1 Å². The van der Waals surface area contributed by atoms with Crippen molar-refractivity contribution in [3.63, 3.8) is 0 Å². The van der Waals surface area contributed by atoms with Crippen molar-refractivity contribution >= 4 is 33.6 Å². The van der Waals surface area contributed by atoms with Crippen molar-refractivity contribution in [2.24, 2.45) is 7.05 Å². The van der Waals surface area contributed by atoms with Crippen LogP contribution in [0.2, 0.25) is 0 Å². The third-order valence-corrected chi connectivity index (χ3v) is 6.66. The zero-order valence-electron chi connectivity index (χ0n) is 17.9. The molecule has 4 aromatic rings. The molecule has 34 heavy (non-hydrogen) atoms. The van der Waals surface area contributed by atoms with E-state index in [1.807, 2.05) is 0 Å². The number of rotatable bonds is 6. The van der Waals surface area contributed by atoms with Gasteiger partial charge in [-0.2, -0.15) is 0 Å². The summed E-state index contributed by atoms with van der Waals surface area (Å²) in [6.07, 6.45) is 4.11. The van der Waals surface area contributed by atoms with Crippen LogP contribution in [0, 0.1) is 11.6 Å². The lowest BCUT2D eigenvalue weighted by Gasteiger charge is -2.14. The summed E-state index contributed by atoms with van der Waals surface area (Å²) >= 11 is 1.09. The molecule has 0 radical (unpaired) electrons. The van der Waals surface area contributed by atoms with Crippen LogP contribution < -0.4 is 15.6 Å². The van der Waals surface area contributed by atoms with Gasteiger partial charge in [-0.05, 0) is 49.2 Å². The second-order valence-electron chi connectivity index (χ2n) is 8.11. The average molecular weight is 483 g/mol. The Morgan fingerprint density at radius 2 is 1.91 bits per heavy atom. The number of carbonyl (C=O) groups excluding carboxylic acids is 2. The van der Waals surface area contributed by atoms with Gasteiger partial charge >= 0.3 is 0 Å². The fraction of sp³-hybridized carbons (Fsp3) is 0.160. The topological polar surface area (TPSA) is 77.4 Å². The Morgan fingerprint density at radius 3 is 2.62 bits per heavy atom. The molecule has 0 aliphatic heterocycles. The minimum atomic E-state index is -0.884. The lowest BCUT2D eigenvalue weighted by molar-refractivity contribution is 0.0955. The summed E-state index contributed by atoms with van der Waals surface area (Å²) in [7, 11) is 1.58. The molecule has 0 bridgehead atoms. The van der Waals surface area contributed by atoms with Crippen molar-refractivity contribution in [2.45, 2.75) is 18.9 Å². The Morgan fingerprint density at radius 1 is 1.15 bits per heavy atom. The molecule has 1 fully saturated rings. The third kappa shape index (κ3) is 4.10. The summed E-state index contributed by atoms with van der Waals surface area (Å²) in [5.41, 5.74) is 1.01. The van der Waals surface area contributed by atoms with Crippen LogP contribution >= 0.6 is 11.3 Å². The van der Waals surface area contributed by atoms with Crippen molar-refractivity contribution in [2.75, 3.05) is 0 Å². The van der Waals surface area contributed by atoms with Crippen LogP contribution in [0.1, 0.15) is 34.3 Å². The number of benzene rings is 2. The van der Waals surface area contributed by atoms with Crippen molar-refractivity contribution in [3.8, 4) is 22.6 Å². The average Bonchev–Trinajstić information content (AvgIpc) is 3.51. The van der Waals surface area contributed by atoms with Crippen molar-refractivity contribution in [1.29, 1.82) is 0 Å². The summed E-state index contributed by atoms with van der Waals surface area (Å²) in [5.74, 6) is -1.87. The first-order valence-electron chi connectivity index (χ1n) is 10.5. The maximum Gasteiger partial charge on any atom is 0.268 e. The maximum absolute atomic E-state index is 14.3. The Kier molecular flexibility index (Phi) is 5.49. The van der Waals surface area contributed by atoms with Crippen LogP contribution in [-0.2, 0) is 7.05 Å². The van der Waals surface area contributed by atoms with Crippen LogP contribution in [0.5, 0.6) is 11.5 Å². The summed E-state index contributed by atoms with van der Waals surface area (Å²) in [6.45, 7) is 0. The molecule has 6 nitrogen and oxygen atoms in total. The van der Waals surface area contributed by atoms with E-state index >= 15 is 0 Å². The Balaban J connectivity index is 0.00000289. The molecule has 1 amide bonds. The molecule has 1 saturated carbocycles. The number of ether oxygens (including phenoxy) is 1. The highest BCUT2D eigenvalue weighted by Crippen LogP contribution is 2.39. The van der Waals surface area contributed by atoms with Gasteiger partial charge in [0.1, 0.15) is 22.6 Å². The molecule has 2 aromatic heterocycles. The van der Waals surface area contributed by atoms with E-state index in [0.717, 1.165) is 30.2 Å². The number of aryl methyl sites for hydroxylation is 1. The second-order valence-corrected chi connectivity index (χ2v) is 9.16. The molecule has 1 aliphatic carbocycles. The summed E-state index contributed by atoms with van der Waals surface area (Å²) in [4.78, 5) is 37.3. The van der Waals surface area contributed by atoms with Crippen molar-refractivity contribution in [1.82, 2.24) is 9.88 Å². The molecular weight excluding hydrogens is 462 g/mol. The lowest BCUT2D eigenvalue weighted by atomic mass is 10.0. The number of hydrogen-bond acceptors (Lipinski definition) is 5. The molecule has 5 rings (SSSR count). The first-order chi connectivity index (χ1) is 16.3. The fourth-order valence-corrected chi connectivity index (χ4v) is 4.70. The van der Waals surface area contributed by atoms with E-state index in [-0.39, 0.29) is 30.4 Å². The normalized spacial score (nSPS) is 13.1. The zero-order chi connectivity index (χ0) is 24.0. The minimum absolute atomic E-state index is 0. The summed E-state index contributed by atoms with van der Waals surface area (Å²) in [5, 5.41) is 3.43. The number of halogens is 2. The van der Waals surface area contributed by atoms with E-state index in [1.54, 1.807) is 25.4 Å². The smallest absolute Gasteiger partial charge is 0.268 e. The number of hydrogen-bond donors (Lipinski definition) is 1. The zero-order valence-corrected chi connectivity index (χ0v) is 18.7. The molecule has 2 aromatic carbocycles. The second kappa shape index (κ2) is 8.49. The van der Waals surface area contributed by atoms with E-state index < -0.39 is 11.6 Å². The van der Waals surface area contributed by atoms with Crippen LogP contribution in [0.3, 0.4) is 0 Å². The molecule has 9 heteroatoms. The number of aldehydes is 1. The van der Waals surface area contributed by atoms with Gasteiger partial charge in [-0.3, -0.25) is 14.4 Å². The van der Waals surface area contributed by atoms with Crippen LogP contribution in [-0.4, -0.2) is 22.8 Å². The first kappa shape index (κ1) is 22.0. The van der Waals surface area contributed by atoms with Gasteiger partial charge in [0.05, 0.1) is 4.88 Å². The van der Waals surface area contributed by atoms with Gasteiger partial charge in [0.25, 0.3) is 11.5 Å². The lowest BCUT2D eigenvalue weighted by Crippen LogP contribution is -2.24. The highest BCUT2D eigenvalue weighted by Gasteiger charge is 2.26. The van der Waals surface area contributed by atoms with Gasteiger partial charge in [0.2, 0.25) is 0 Å². The fourth-order valence-electron chi connectivity index (χ4n) is 3.64. The number of aromatic nitrogens is 1. The standard InChI is InChI=1S/C25H18F2N2O4S.H2/c1-29-11-18(17-10-22(34-23(17)25(29)32)24(31)28-15-4-5-15)16-8-13(12-30)2-6-20(16)33-21-7-3-14(26)9-19(21)27;/h2-3,6-12,15H,4-5H2,1H3,(H,28,31);1H. The van der Waals surface area contributed by atoms with Gasteiger partial charge in [0, 0.05) is 48.9 Å². The van der Waals surface area contributed by atoms with Crippen molar-refractivity contribution < 1.29 is 24.5 Å².